The van der Waals surface area contributed by atoms with Crippen LogP contribution in [0.25, 0.3) is 11.2 Å². The van der Waals surface area contributed by atoms with Crippen molar-refractivity contribution in [2.75, 3.05) is 13.1 Å². The van der Waals surface area contributed by atoms with Crippen LogP contribution < -0.4 is 5.32 Å². The lowest BCUT2D eigenvalue weighted by Gasteiger charge is -2.27. The van der Waals surface area contributed by atoms with Crippen LogP contribution in [0.5, 0.6) is 0 Å². The maximum Gasteiger partial charge on any atom is 0.160 e. The lowest BCUT2D eigenvalue weighted by molar-refractivity contribution is 0.329. The SMILES string of the molecule is c1cnc2c(c1)nc(CC1CCNCC1)n2C1CCCCC1. The Morgan fingerprint density at radius 2 is 1.91 bits per heavy atom. The molecule has 2 aromatic heterocycles. The van der Waals surface area contributed by atoms with E-state index >= 15 is 0 Å². The summed E-state index contributed by atoms with van der Waals surface area (Å²) < 4.78 is 2.50. The molecule has 2 aliphatic rings. The molecule has 1 saturated heterocycles. The Bertz CT molecular complexity index is 621. The van der Waals surface area contributed by atoms with E-state index in [4.69, 9.17) is 4.98 Å². The molecule has 0 spiro atoms. The molecule has 4 heteroatoms. The molecule has 2 fully saturated rings. The summed E-state index contributed by atoms with van der Waals surface area (Å²) in [4.78, 5) is 9.62. The predicted molar refractivity (Wildman–Crippen MR) is 88.9 cm³/mol. The minimum Gasteiger partial charge on any atom is -0.317 e. The van der Waals surface area contributed by atoms with Crippen LogP contribution in [-0.2, 0) is 6.42 Å². The highest BCUT2D eigenvalue weighted by Gasteiger charge is 2.24. The van der Waals surface area contributed by atoms with Crippen molar-refractivity contribution < 1.29 is 0 Å². The summed E-state index contributed by atoms with van der Waals surface area (Å²) in [6.07, 6.45) is 12.3. The van der Waals surface area contributed by atoms with Gasteiger partial charge in [0.25, 0.3) is 0 Å². The molecule has 1 aliphatic carbocycles. The third kappa shape index (κ3) is 2.76. The summed E-state index contributed by atoms with van der Waals surface area (Å²) in [5, 5.41) is 3.47. The molecule has 2 aromatic rings. The molecule has 1 N–H and O–H groups in total. The Balaban J connectivity index is 1.68. The van der Waals surface area contributed by atoms with Gasteiger partial charge in [-0.15, -0.1) is 0 Å². The zero-order valence-electron chi connectivity index (χ0n) is 13.3. The normalized spacial score (nSPS) is 21.5. The number of nitrogens with zero attached hydrogens (tertiary/aromatic N) is 3. The van der Waals surface area contributed by atoms with E-state index in [2.05, 4.69) is 20.9 Å². The molecule has 0 radical (unpaired) electrons. The smallest absolute Gasteiger partial charge is 0.160 e. The van der Waals surface area contributed by atoms with Gasteiger partial charge in [0, 0.05) is 18.7 Å². The minimum atomic E-state index is 0.616. The van der Waals surface area contributed by atoms with E-state index in [1.165, 1.54) is 50.8 Å². The van der Waals surface area contributed by atoms with Gasteiger partial charge >= 0.3 is 0 Å². The molecular weight excluding hydrogens is 272 g/mol. The molecule has 0 bridgehead atoms. The third-order valence-electron chi connectivity index (χ3n) is 5.39. The van der Waals surface area contributed by atoms with Crippen LogP contribution in [0.3, 0.4) is 0 Å². The predicted octanol–water partition coefficient (Wildman–Crippen LogP) is 3.48. The molecule has 0 atom stereocenters. The Hall–Kier alpha value is -1.42. The minimum absolute atomic E-state index is 0.616. The highest BCUT2D eigenvalue weighted by Crippen LogP contribution is 2.33. The van der Waals surface area contributed by atoms with Crippen LogP contribution in [0.1, 0.15) is 56.8 Å². The topological polar surface area (TPSA) is 42.7 Å². The number of piperidine rings is 1. The molecule has 118 valence electrons. The number of hydrogen-bond donors (Lipinski definition) is 1. The lowest BCUT2D eigenvalue weighted by Crippen LogP contribution is -2.29. The number of imidazole rings is 1. The van der Waals surface area contributed by atoms with E-state index in [9.17, 15) is 0 Å². The highest BCUT2D eigenvalue weighted by atomic mass is 15.2. The van der Waals surface area contributed by atoms with Crippen molar-refractivity contribution in [3.8, 4) is 0 Å². The van der Waals surface area contributed by atoms with Gasteiger partial charge in [-0.3, -0.25) is 0 Å². The van der Waals surface area contributed by atoms with Crippen LogP contribution in [0, 0.1) is 5.92 Å². The summed E-state index contributed by atoms with van der Waals surface area (Å²) >= 11 is 0. The summed E-state index contributed by atoms with van der Waals surface area (Å²) in [5.74, 6) is 2.06. The average Bonchev–Trinajstić information content (AvgIpc) is 2.94. The van der Waals surface area contributed by atoms with Crippen molar-refractivity contribution in [3.63, 3.8) is 0 Å². The Morgan fingerprint density at radius 3 is 2.73 bits per heavy atom. The first-order chi connectivity index (χ1) is 10.9. The maximum atomic E-state index is 4.96. The summed E-state index contributed by atoms with van der Waals surface area (Å²) in [6.45, 7) is 2.32. The molecule has 1 aliphatic heterocycles. The quantitative estimate of drug-likeness (QED) is 0.943. The van der Waals surface area contributed by atoms with Gasteiger partial charge in [0.15, 0.2) is 5.65 Å². The zero-order chi connectivity index (χ0) is 14.8. The number of pyridine rings is 1. The van der Waals surface area contributed by atoms with Gasteiger partial charge in [-0.1, -0.05) is 19.3 Å². The van der Waals surface area contributed by atoms with Gasteiger partial charge in [-0.05, 0) is 56.8 Å². The number of hydrogen-bond acceptors (Lipinski definition) is 3. The maximum absolute atomic E-state index is 4.96. The van der Waals surface area contributed by atoms with E-state index in [0.29, 0.717) is 6.04 Å². The first-order valence-electron chi connectivity index (χ1n) is 8.94. The second kappa shape index (κ2) is 6.37. The van der Waals surface area contributed by atoms with Crippen molar-refractivity contribution in [1.82, 2.24) is 19.9 Å². The molecule has 0 amide bonds. The van der Waals surface area contributed by atoms with Crippen LogP contribution >= 0.6 is 0 Å². The van der Waals surface area contributed by atoms with Gasteiger partial charge in [-0.2, -0.15) is 0 Å². The van der Waals surface area contributed by atoms with Gasteiger partial charge < -0.3 is 9.88 Å². The third-order valence-corrected chi connectivity index (χ3v) is 5.39. The van der Waals surface area contributed by atoms with Gasteiger partial charge in [0.1, 0.15) is 11.3 Å². The van der Waals surface area contributed by atoms with Crippen molar-refractivity contribution >= 4 is 11.2 Å². The monoisotopic (exact) mass is 298 g/mol. The first kappa shape index (κ1) is 14.2. The zero-order valence-corrected chi connectivity index (χ0v) is 13.3. The fraction of sp³-hybridized carbons (Fsp3) is 0.667. The molecule has 4 rings (SSSR count). The van der Waals surface area contributed by atoms with Crippen LogP contribution in [0.2, 0.25) is 0 Å². The standard InChI is InChI=1S/C18H26N4/c1-2-5-15(6-3-1)22-17(13-14-8-11-19-12-9-14)21-16-7-4-10-20-18(16)22/h4,7,10,14-15,19H,1-3,5-6,8-9,11-13H2. The van der Waals surface area contributed by atoms with Crippen molar-refractivity contribution in [2.45, 2.75) is 57.4 Å². The van der Waals surface area contributed by atoms with Crippen molar-refractivity contribution in [2.24, 2.45) is 5.92 Å². The average molecular weight is 298 g/mol. The second-order valence-corrected chi connectivity index (χ2v) is 6.93. The fourth-order valence-electron chi connectivity index (χ4n) is 4.19. The molecule has 0 aromatic carbocycles. The molecule has 3 heterocycles. The lowest BCUT2D eigenvalue weighted by atomic mass is 9.92. The van der Waals surface area contributed by atoms with E-state index in [1.54, 1.807) is 0 Å². The summed E-state index contributed by atoms with van der Waals surface area (Å²) in [7, 11) is 0. The second-order valence-electron chi connectivity index (χ2n) is 6.93. The van der Waals surface area contributed by atoms with E-state index in [0.717, 1.165) is 36.6 Å². The molecular formula is C18H26N4. The first-order valence-corrected chi connectivity index (χ1v) is 8.94. The van der Waals surface area contributed by atoms with Crippen molar-refractivity contribution in [3.05, 3.63) is 24.2 Å². The van der Waals surface area contributed by atoms with Crippen LogP contribution in [0.4, 0.5) is 0 Å². The number of rotatable bonds is 3. The van der Waals surface area contributed by atoms with Gasteiger partial charge in [0.2, 0.25) is 0 Å². The molecule has 4 nitrogen and oxygen atoms in total. The highest BCUT2D eigenvalue weighted by molar-refractivity contribution is 5.71. The van der Waals surface area contributed by atoms with E-state index < -0.39 is 0 Å². The molecule has 1 saturated carbocycles. The van der Waals surface area contributed by atoms with E-state index in [1.807, 2.05) is 12.3 Å². The van der Waals surface area contributed by atoms with Crippen LogP contribution in [-0.4, -0.2) is 27.6 Å². The summed E-state index contributed by atoms with van der Waals surface area (Å²) in [6, 6.07) is 4.74. The van der Waals surface area contributed by atoms with Crippen LogP contribution in [0.15, 0.2) is 18.3 Å². The Kier molecular flexibility index (Phi) is 4.11. The van der Waals surface area contributed by atoms with Gasteiger partial charge in [0.05, 0.1) is 0 Å². The van der Waals surface area contributed by atoms with E-state index in [-0.39, 0.29) is 0 Å². The number of nitrogens with one attached hydrogen (secondary N) is 1. The van der Waals surface area contributed by atoms with Gasteiger partial charge in [-0.25, -0.2) is 9.97 Å². The molecule has 0 unspecified atom stereocenters. The number of fused-ring (bicyclic) bond motifs is 1. The fourth-order valence-corrected chi connectivity index (χ4v) is 4.19. The Labute approximate surface area is 132 Å². The molecule has 22 heavy (non-hydrogen) atoms. The van der Waals surface area contributed by atoms with Crippen molar-refractivity contribution in [1.29, 1.82) is 0 Å². The largest absolute Gasteiger partial charge is 0.317 e. The number of aromatic nitrogens is 3. The summed E-state index contributed by atoms with van der Waals surface area (Å²) in [5.41, 5.74) is 2.19. The Morgan fingerprint density at radius 1 is 1.09 bits per heavy atom.